The molecule has 0 radical (unpaired) electrons. The molecule has 11 heteroatoms. The van der Waals surface area contributed by atoms with E-state index < -0.39 is 11.2 Å². The van der Waals surface area contributed by atoms with Gasteiger partial charge in [-0.05, 0) is 107 Å². The monoisotopic (exact) mass is 750 g/mol. The van der Waals surface area contributed by atoms with E-state index in [1.54, 1.807) is 0 Å². The molecule has 52 heavy (non-hydrogen) atoms. The van der Waals surface area contributed by atoms with Crippen molar-refractivity contribution in [2.24, 2.45) is 0 Å². The maximum absolute atomic E-state index is 12.5. The minimum atomic E-state index is -0.466. The van der Waals surface area contributed by atoms with Crippen LogP contribution in [0.15, 0.2) is 54.9 Å². The number of hydrogen-bond acceptors (Lipinski definition) is 8. The number of benzene rings is 2. The second kappa shape index (κ2) is 17.3. The fourth-order valence-corrected chi connectivity index (χ4v) is 7.19. The largest absolute Gasteiger partial charge is 0.490 e. The van der Waals surface area contributed by atoms with Gasteiger partial charge in [0.15, 0.2) is 0 Å². The number of esters is 1. The first-order valence-corrected chi connectivity index (χ1v) is 19.5. The number of amides is 1. The van der Waals surface area contributed by atoms with Gasteiger partial charge in [0.2, 0.25) is 5.91 Å². The van der Waals surface area contributed by atoms with Crippen molar-refractivity contribution in [3.8, 4) is 16.9 Å². The number of aryl methyl sites for hydroxylation is 1. The van der Waals surface area contributed by atoms with E-state index >= 15 is 0 Å². The zero-order valence-electron chi connectivity index (χ0n) is 30.7. The molecule has 2 heterocycles. The lowest BCUT2D eigenvalue weighted by Gasteiger charge is -2.34. The summed E-state index contributed by atoms with van der Waals surface area (Å²) >= 11 is 13.5. The summed E-state index contributed by atoms with van der Waals surface area (Å²) in [6, 6.07) is 14.1. The third kappa shape index (κ3) is 10.9. The molecular weight excluding hydrogens is 699 g/mol. The van der Waals surface area contributed by atoms with Gasteiger partial charge in [0.1, 0.15) is 11.4 Å². The molecule has 3 fully saturated rings. The molecule has 0 unspecified atom stereocenters. The number of aromatic nitrogens is 1. The maximum atomic E-state index is 12.5. The highest BCUT2D eigenvalue weighted by molar-refractivity contribution is 6.34. The fourth-order valence-electron chi connectivity index (χ4n) is 6.67. The summed E-state index contributed by atoms with van der Waals surface area (Å²) in [6.45, 7) is 11.1. The van der Waals surface area contributed by atoms with Gasteiger partial charge in [0.25, 0.3) is 0 Å². The van der Waals surface area contributed by atoms with Crippen LogP contribution in [-0.4, -0.2) is 84.2 Å². The Labute approximate surface area is 318 Å². The van der Waals surface area contributed by atoms with Crippen LogP contribution in [0, 0.1) is 0 Å². The van der Waals surface area contributed by atoms with Gasteiger partial charge >= 0.3 is 5.97 Å². The molecule has 3 aromatic rings. The Morgan fingerprint density at radius 3 is 2.38 bits per heavy atom. The van der Waals surface area contributed by atoms with Crippen molar-refractivity contribution in [3.05, 3.63) is 81.6 Å². The van der Waals surface area contributed by atoms with Crippen LogP contribution in [0.3, 0.4) is 0 Å². The van der Waals surface area contributed by atoms with E-state index in [1.165, 1.54) is 0 Å². The molecule has 2 aliphatic carbocycles. The number of nitrogens with zero attached hydrogens (tertiary/aromatic N) is 3. The van der Waals surface area contributed by atoms with E-state index in [2.05, 4.69) is 32.2 Å². The molecule has 2 saturated carbocycles. The molecule has 1 aromatic heterocycles. The third-order valence-electron chi connectivity index (χ3n) is 9.82. The summed E-state index contributed by atoms with van der Waals surface area (Å²) in [4.78, 5) is 33.5. The lowest BCUT2D eigenvalue weighted by molar-refractivity contribution is -0.156. The third-order valence-corrected chi connectivity index (χ3v) is 10.5. The molecule has 1 saturated heterocycles. The summed E-state index contributed by atoms with van der Waals surface area (Å²) < 4.78 is 18.3. The van der Waals surface area contributed by atoms with Gasteiger partial charge in [-0.15, -0.1) is 0 Å². The van der Waals surface area contributed by atoms with Crippen molar-refractivity contribution in [2.75, 3.05) is 45.8 Å². The molecule has 0 bridgehead atoms. The SMILES string of the molecule is CC(C)(C)OC(=O)CN1CCN(CCNC(=O)CCCCc2cc(Cl)c(COC3(c4cnccc4-c4ccccc4OC4CC4)CC3)cc2Cl)CC1. The first kappa shape index (κ1) is 38.5. The van der Waals surface area contributed by atoms with E-state index in [9.17, 15) is 9.59 Å². The van der Waals surface area contributed by atoms with Crippen molar-refractivity contribution in [1.82, 2.24) is 20.1 Å². The van der Waals surface area contributed by atoms with E-state index in [4.69, 9.17) is 37.4 Å². The second-order valence-corrected chi connectivity index (χ2v) is 16.1. The van der Waals surface area contributed by atoms with Crippen LogP contribution in [0.1, 0.15) is 82.4 Å². The van der Waals surface area contributed by atoms with E-state index in [0.29, 0.717) is 42.3 Å². The molecule has 1 amide bonds. The number of carbonyl (C=O) groups excluding carboxylic acids is 2. The second-order valence-electron chi connectivity index (χ2n) is 15.3. The average Bonchev–Trinajstić information content (AvgIpc) is 4.05. The van der Waals surface area contributed by atoms with Gasteiger partial charge in [-0.1, -0.05) is 41.4 Å². The lowest BCUT2D eigenvalue weighted by atomic mass is 9.96. The highest BCUT2D eigenvalue weighted by Gasteiger charge is 2.48. The van der Waals surface area contributed by atoms with Crippen molar-refractivity contribution in [2.45, 2.75) is 96.1 Å². The number of piperazine rings is 1. The number of unbranched alkanes of at least 4 members (excludes halogenated alkanes) is 1. The highest BCUT2D eigenvalue weighted by atomic mass is 35.5. The molecule has 0 spiro atoms. The summed E-state index contributed by atoms with van der Waals surface area (Å²) in [7, 11) is 0. The molecule has 3 aliphatic rings. The number of hydrogen-bond donors (Lipinski definition) is 1. The molecule has 6 rings (SSSR count). The Bertz CT molecular complexity index is 1700. The van der Waals surface area contributed by atoms with E-state index in [-0.39, 0.29) is 11.9 Å². The predicted molar refractivity (Wildman–Crippen MR) is 205 cm³/mol. The molecule has 1 aliphatic heterocycles. The van der Waals surface area contributed by atoms with Gasteiger partial charge in [0.05, 0.1) is 24.9 Å². The topological polar surface area (TPSA) is 93.2 Å². The van der Waals surface area contributed by atoms with Crippen molar-refractivity contribution < 1.29 is 23.8 Å². The summed E-state index contributed by atoms with van der Waals surface area (Å²) in [5, 5.41) is 4.35. The molecule has 280 valence electrons. The van der Waals surface area contributed by atoms with Crippen LogP contribution in [0.5, 0.6) is 5.75 Å². The number of nitrogens with one attached hydrogen (secondary N) is 1. The zero-order chi connectivity index (χ0) is 36.7. The van der Waals surface area contributed by atoms with Crippen LogP contribution >= 0.6 is 23.2 Å². The van der Waals surface area contributed by atoms with E-state index in [0.717, 1.165) is 111 Å². The normalized spacial score (nSPS) is 17.5. The van der Waals surface area contributed by atoms with Crippen molar-refractivity contribution in [3.63, 3.8) is 0 Å². The predicted octanol–water partition coefficient (Wildman–Crippen LogP) is 7.59. The van der Waals surface area contributed by atoms with Crippen LogP contribution in [0.25, 0.3) is 11.1 Å². The lowest BCUT2D eigenvalue weighted by Crippen LogP contribution is -2.50. The molecular formula is C41H52Cl2N4O5. The minimum absolute atomic E-state index is 0.0601. The number of ether oxygens (including phenoxy) is 3. The number of para-hydroxylation sites is 1. The quantitative estimate of drug-likeness (QED) is 0.112. The van der Waals surface area contributed by atoms with Gasteiger partial charge < -0.3 is 19.5 Å². The van der Waals surface area contributed by atoms with Crippen LogP contribution in [0.2, 0.25) is 10.0 Å². The van der Waals surface area contributed by atoms with E-state index in [1.807, 2.05) is 63.5 Å². The highest BCUT2D eigenvalue weighted by Crippen LogP contribution is 2.53. The standard InChI is InChI=1S/C41H52Cl2N4O5/c1-40(2,3)52-39(49)27-47-22-20-46(21-23-47)19-18-45-38(48)11-7-4-8-29-24-36(43)30(25-35(29)42)28-50-41(15-16-41)34-26-44-17-14-32(34)33-9-5-6-10-37(33)51-31-12-13-31/h5-6,9-10,14,17,24-26,31H,4,7-8,11-13,15-16,18-23,27-28H2,1-3H3,(H,45,48). The summed E-state index contributed by atoms with van der Waals surface area (Å²) in [5.74, 6) is 0.778. The molecule has 2 aromatic carbocycles. The Morgan fingerprint density at radius 2 is 1.65 bits per heavy atom. The first-order valence-electron chi connectivity index (χ1n) is 18.7. The smallest absolute Gasteiger partial charge is 0.320 e. The van der Waals surface area contributed by atoms with Gasteiger partial charge in [-0.3, -0.25) is 24.4 Å². The van der Waals surface area contributed by atoms with Crippen LogP contribution in [0.4, 0.5) is 0 Å². The first-order chi connectivity index (χ1) is 25.0. The number of rotatable bonds is 17. The molecule has 9 nitrogen and oxygen atoms in total. The Kier molecular flexibility index (Phi) is 12.8. The Balaban J connectivity index is 0.913. The summed E-state index contributed by atoms with van der Waals surface area (Å²) in [5.41, 5.74) is 4.16. The van der Waals surface area contributed by atoms with Gasteiger partial charge in [0, 0.05) is 79.3 Å². The van der Waals surface area contributed by atoms with Crippen molar-refractivity contribution in [1.29, 1.82) is 0 Å². The summed E-state index contributed by atoms with van der Waals surface area (Å²) in [6.07, 6.45) is 10.9. The number of halogens is 2. The maximum Gasteiger partial charge on any atom is 0.320 e. The zero-order valence-corrected chi connectivity index (χ0v) is 32.2. The molecule has 1 N–H and O–H groups in total. The number of carbonyl (C=O) groups is 2. The molecule has 0 atom stereocenters. The van der Waals surface area contributed by atoms with Crippen molar-refractivity contribution >= 4 is 35.1 Å². The average molecular weight is 752 g/mol. The van der Waals surface area contributed by atoms with Crippen LogP contribution in [-0.2, 0) is 37.7 Å². The van der Waals surface area contributed by atoms with Gasteiger partial charge in [-0.2, -0.15) is 0 Å². The van der Waals surface area contributed by atoms with Gasteiger partial charge in [-0.25, -0.2) is 0 Å². The Hall–Kier alpha value is -3.21. The van der Waals surface area contributed by atoms with Crippen LogP contribution < -0.4 is 10.1 Å². The fraction of sp³-hybridized carbons (Fsp3) is 0.537. The Morgan fingerprint density at radius 1 is 0.942 bits per heavy atom. The minimum Gasteiger partial charge on any atom is -0.490 e. The number of pyridine rings is 1.